The molecule has 0 atom stereocenters. The molecule has 0 aliphatic carbocycles. The van der Waals surface area contributed by atoms with Crippen molar-refractivity contribution in [1.82, 2.24) is 10.3 Å². The number of anilines is 1. The highest BCUT2D eigenvalue weighted by atomic mass is 16.5. The molecule has 2 aromatic rings. The van der Waals surface area contributed by atoms with Crippen molar-refractivity contribution in [2.24, 2.45) is 10.9 Å². The molecule has 3 rings (SSSR count). The second-order valence-electron chi connectivity index (χ2n) is 6.45. The van der Waals surface area contributed by atoms with Gasteiger partial charge >= 0.3 is 0 Å². The van der Waals surface area contributed by atoms with Crippen LogP contribution < -0.4 is 20.8 Å². The summed E-state index contributed by atoms with van der Waals surface area (Å²) in [7, 11) is 1.89. The van der Waals surface area contributed by atoms with Gasteiger partial charge in [0, 0.05) is 37.0 Å². The Hall–Kier alpha value is -2.64. The number of ether oxygens (including phenoxy) is 2. The number of nitrogens with zero attached hydrogens (tertiary/aromatic N) is 3. The summed E-state index contributed by atoms with van der Waals surface area (Å²) in [6.45, 7) is 6.41. The van der Waals surface area contributed by atoms with E-state index in [1.165, 1.54) is 0 Å². The quantitative estimate of drug-likeness (QED) is 0.333. The van der Waals surface area contributed by atoms with Crippen LogP contribution in [0.3, 0.4) is 0 Å². The zero-order valence-electron chi connectivity index (χ0n) is 15.9. The van der Waals surface area contributed by atoms with Gasteiger partial charge in [-0.05, 0) is 26.1 Å². The van der Waals surface area contributed by atoms with Gasteiger partial charge in [0.2, 0.25) is 5.88 Å². The lowest BCUT2D eigenvalue weighted by Crippen LogP contribution is -2.36. The molecule has 0 radical (unpaired) electrons. The van der Waals surface area contributed by atoms with Gasteiger partial charge in [-0.25, -0.2) is 4.98 Å². The van der Waals surface area contributed by atoms with E-state index in [0.29, 0.717) is 37.1 Å². The highest BCUT2D eigenvalue weighted by Crippen LogP contribution is 2.24. The van der Waals surface area contributed by atoms with E-state index in [1.54, 1.807) is 0 Å². The summed E-state index contributed by atoms with van der Waals surface area (Å²) in [4.78, 5) is 6.93. The summed E-state index contributed by atoms with van der Waals surface area (Å²) in [5.74, 6) is 6.32. The van der Waals surface area contributed by atoms with Gasteiger partial charge < -0.3 is 25.5 Å². The Kier molecular flexibility index (Phi) is 6.62. The van der Waals surface area contributed by atoms with E-state index in [0.717, 1.165) is 36.4 Å². The average Bonchev–Trinajstić information content (AvgIpc) is 2.69. The number of hydrogen-bond acceptors (Lipinski definition) is 7. The van der Waals surface area contributed by atoms with Crippen molar-refractivity contribution in [3.63, 3.8) is 0 Å². The topological polar surface area (TPSA) is 85.0 Å². The molecule has 1 aliphatic heterocycles. The molecule has 0 spiro atoms. The second kappa shape index (κ2) is 9.34. The molecule has 0 bridgehead atoms. The third-order valence-electron chi connectivity index (χ3n) is 4.43. The maximum atomic E-state index is 5.85. The minimum Gasteiger partial charge on any atom is -0.476 e. The lowest BCUT2D eigenvalue weighted by molar-refractivity contribution is 0.122. The lowest BCUT2D eigenvalue weighted by atomic mass is 10.0. The summed E-state index contributed by atoms with van der Waals surface area (Å²) in [5, 5.41) is 7.11. The molecule has 7 heteroatoms. The Morgan fingerprint density at radius 2 is 2.11 bits per heavy atom. The van der Waals surface area contributed by atoms with Crippen molar-refractivity contribution in [3.8, 4) is 5.88 Å². The monoisotopic (exact) mass is 369 g/mol. The van der Waals surface area contributed by atoms with Crippen LogP contribution >= 0.6 is 0 Å². The van der Waals surface area contributed by atoms with Crippen LogP contribution in [-0.4, -0.2) is 57.2 Å². The number of benzene rings is 1. The predicted molar refractivity (Wildman–Crippen MR) is 108 cm³/mol. The minimum atomic E-state index is 0.537. The molecular weight excluding hydrogens is 342 g/mol. The van der Waals surface area contributed by atoms with Crippen LogP contribution in [0.2, 0.25) is 0 Å². The normalized spacial score (nSPS) is 15.0. The molecule has 27 heavy (non-hydrogen) atoms. The zero-order valence-corrected chi connectivity index (χ0v) is 15.9. The van der Waals surface area contributed by atoms with Gasteiger partial charge in [0.25, 0.3) is 0 Å². The fourth-order valence-corrected chi connectivity index (χ4v) is 3.03. The minimum absolute atomic E-state index is 0.537. The molecule has 1 fully saturated rings. The van der Waals surface area contributed by atoms with Gasteiger partial charge in [-0.15, -0.1) is 0 Å². The first-order valence-electron chi connectivity index (χ1n) is 9.18. The third-order valence-corrected chi connectivity index (χ3v) is 4.43. The van der Waals surface area contributed by atoms with Gasteiger partial charge in [-0.2, -0.15) is 5.10 Å². The maximum absolute atomic E-state index is 5.85. The summed E-state index contributed by atoms with van der Waals surface area (Å²) in [5.41, 5.74) is 4.46. The van der Waals surface area contributed by atoms with Crippen LogP contribution in [0.25, 0.3) is 0 Å². The molecule has 0 unspecified atom stereocenters. The zero-order chi connectivity index (χ0) is 19.1. The highest BCUT2D eigenvalue weighted by Gasteiger charge is 2.17. The van der Waals surface area contributed by atoms with Gasteiger partial charge in [0.15, 0.2) is 0 Å². The Morgan fingerprint density at radius 3 is 2.81 bits per heavy atom. The number of likely N-dealkylation sites (N-methyl/N-ethyl adjacent to an activating group) is 1. The highest BCUT2D eigenvalue weighted by molar-refractivity contribution is 6.12. The van der Waals surface area contributed by atoms with E-state index in [-0.39, 0.29) is 0 Å². The van der Waals surface area contributed by atoms with Crippen LogP contribution in [-0.2, 0) is 4.74 Å². The Labute approximate surface area is 160 Å². The smallest absolute Gasteiger partial charge is 0.215 e. The first kappa shape index (κ1) is 19.1. The third kappa shape index (κ3) is 4.96. The molecule has 1 aromatic carbocycles. The second-order valence-corrected chi connectivity index (χ2v) is 6.45. The largest absolute Gasteiger partial charge is 0.476 e. The van der Waals surface area contributed by atoms with Crippen LogP contribution in [0.4, 0.5) is 5.69 Å². The molecule has 0 amide bonds. The fraction of sp³-hybridized carbons (Fsp3) is 0.400. The molecule has 7 nitrogen and oxygen atoms in total. The Morgan fingerprint density at radius 1 is 1.30 bits per heavy atom. The van der Waals surface area contributed by atoms with Crippen molar-refractivity contribution < 1.29 is 9.47 Å². The van der Waals surface area contributed by atoms with Crippen LogP contribution in [0.5, 0.6) is 5.88 Å². The summed E-state index contributed by atoms with van der Waals surface area (Å²) in [6.07, 6.45) is 0. The number of morpholine rings is 1. The summed E-state index contributed by atoms with van der Waals surface area (Å²) < 4.78 is 11.3. The van der Waals surface area contributed by atoms with Crippen molar-refractivity contribution in [2.45, 2.75) is 6.92 Å². The van der Waals surface area contributed by atoms with E-state index < -0.39 is 0 Å². The summed E-state index contributed by atoms with van der Waals surface area (Å²) >= 11 is 0. The molecule has 1 saturated heterocycles. The molecule has 1 aromatic heterocycles. The molecule has 1 aliphatic rings. The predicted octanol–water partition coefficient (Wildman–Crippen LogP) is 1.54. The number of pyridine rings is 1. The van der Waals surface area contributed by atoms with Gasteiger partial charge in [-0.3, -0.25) is 0 Å². The number of rotatable bonds is 7. The molecule has 144 valence electrons. The molecule has 0 saturated carbocycles. The number of hydrogen-bond donors (Lipinski definition) is 2. The standard InChI is InChI=1S/C20H27N5O2/c1-15-4-3-5-16(12-15)20(24-21)18-13-17(25-7-10-26-11-8-25)14-19(23-18)27-9-6-22-2/h3-5,12-14,22H,6-11,21H2,1-2H3. The Bertz CT molecular complexity index is 788. The van der Waals surface area contributed by atoms with Gasteiger partial charge in [-0.1, -0.05) is 23.8 Å². The van der Waals surface area contributed by atoms with Crippen molar-refractivity contribution in [2.75, 3.05) is 51.4 Å². The Balaban J connectivity index is 1.97. The van der Waals surface area contributed by atoms with E-state index in [4.69, 9.17) is 15.3 Å². The number of hydrazone groups is 1. The molecular formula is C20H27N5O2. The number of nitrogens with two attached hydrogens (primary N) is 1. The van der Waals surface area contributed by atoms with Crippen molar-refractivity contribution >= 4 is 11.4 Å². The average molecular weight is 369 g/mol. The van der Waals surface area contributed by atoms with Crippen LogP contribution in [0, 0.1) is 6.92 Å². The lowest BCUT2D eigenvalue weighted by Gasteiger charge is -2.29. The van der Waals surface area contributed by atoms with Gasteiger partial charge in [0.1, 0.15) is 12.3 Å². The SMILES string of the molecule is CNCCOc1cc(N2CCOCC2)cc(C(=NN)c2cccc(C)c2)n1. The van der Waals surface area contributed by atoms with E-state index in [1.807, 2.05) is 44.3 Å². The van der Waals surface area contributed by atoms with E-state index in [9.17, 15) is 0 Å². The molecule has 3 N–H and O–H groups in total. The summed E-state index contributed by atoms with van der Waals surface area (Å²) in [6, 6.07) is 12.1. The van der Waals surface area contributed by atoms with E-state index >= 15 is 0 Å². The first-order valence-corrected chi connectivity index (χ1v) is 9.18. The molecule has 2 heterocycles. The van der Waals surface area contributed by atoms with Crippen molar-refractivity contribution in [1.29, 1.82) is 0 Å². The number of aryl methyl sites for hydroxylation is 1. The van der Waals surface area contributed by atoms with Gasteiger partial charge in [0.05, 0.1) is 18.9 Å². The number of nitrogens with one attached hydrogen (secondary N) is 1. The first-order chi connectivity index (χ1) is 13.2. The van der Waals surface area contributed by atoms with Crippen LogP contribution in [0.1, 0.15) is 16.8 Å². The maximum Gasteiger partial charge on any atom is 0.215 e. The fourth-order valence-electron chi connectivity index (χ4n) is 3.03. The van der Waals surface area contributed by atoms with Crippen LogP contribution in [0.15, 0.2) is 41.5 Å². The number of aromatic nitrogens is 1. The van der Waals surface area contributed by atoms with E-state index in [2.05, 4.69) is 26.4 Å². The van der Waals surface area contributed by atoms with Crippen molar-refractivity contribution in [3.05, 3.63) is 53.2 Å².